The lowest BCUT2D eigenvalue weighted by molar-refractivity contribution is 0.109. The van der Waals surface area contributed by atoms with E-state index in [1.807, 2.05) is 31.2 Å². The zero-order valence-corrected chi connectivity index (χ0v) is 16.8. The number of nitrogen functional groups attached to an aromatic ring is 1. The summed E-state index contributed by atoms with van der Waals surface area (Å²) in [6.45, 7) is 2.67. The van der Waals surface area contributed by atoms with E-state index in [9.17, 15) is 8.42 Å². The molecule has 27 heavy (non-hydrogen) atoms. The van der Waals surface area contributed by atoms with E-state index in [2.05, 4.69) is 9.55 Å². The molecular weight excluding hydrogens is 364 g/mol. The lowest BCUT2D eigenvalue weighted by Gasteiger charge is -2.14. The minimum Gasteiger partial charge on any atom is -0.382 e. The maximum absolute atomic E-state index is 11.3. The van der Waals surface area contributed by atoms with Gasteiger partial charge in [0, 0.05) is 31.0 Å². The molecule has 2 aromatic heterocycles. The molecule has 3 aromatic rings. The average Bonchev–Trinajstić information content (AvgIpc) is 3.00. The molecular formula is C19H26N4O3S. The first kappa shape index (κ1) is 19.6. The summed E-state index contributed by atoms with van der Waals surface area (Å²) in [6, 6.07) is 7.87. The van der Waals surface area contributed by atoms with E-state index in [-0.39, 0.29) is 11.9 Å². The van der Waals surface area contributed by atoms with Crippen molar-refractivity contribution in [1.82, 2.24) is 14.5 Å². The van der Waals surface area contributed by atoms with Gasteiger partial charge in [0.25, 0.3) is 0 Å². The first-order valence-electron chi connectivity index (χ1n) is 9.06. The van der Waals surface area contributed by atoms with Crippen LogP contribution in [0.25, 0.3) is 21.9 Å². The monoisotopic (exact) mass is 390 g/mol. The zero-order chi connectivity index (χ0) is 19.6. The largest absolute Gasteiger partial charge is 0.382 e. The number of para-hydroxylation sites is 1. The van der Waals surface area contributed by atoms with Crippen LogP contribution in [0.2, 0.25) is 0 Å². The number of imidazole rings is 1. The Morgan fingerprint density at radius 3 is 2.63 bits per heavy atom. The third-order valence-corrected chi connectivity index (χ3v) is 5.78. The minimum absolute atomic E-state index is 0.188. The highest BCUT2D eigenvalue weighted by Crippen LogP contribution is 2.31. The quantitative estimate of drug-likeness (QED) is 0.593. The molecule has 1 unspecified atom stereocenters. The molecule has 0 aliphatic rings. The van der Waals surface area contributed by atoms with Gasteiger partial charge in [-0.05, 0) is 25.8 Å². The van der Waals surface area contributed by atoms with E-state index < -0.39 is 9.84 Å². The van der Waals surface area contributed by atoms with E-state index in [4.69, 9.17) is 15.5 Å². The molecule has 0 aliphatic heterocycles. The Kier molecular flexibility index (Phi) is 5.67. The van der Waals surface area contributed by atoms with Crippen molar-refractivity contribution >= 4 is 37.6 Å². The third kappa shape index (κ3) is 4.22. The molecule has 7 nitrogen and oxygen atoms in total. The molecule has 0 fully saturated rings. The lowest BCUT2D eigenvalue weighted by Crippen LogP contribution is -2.09. The van der Waals surface area contributed by atoms with Crippen molar-refractivity contribution in [2.75, 3.05) is 24.9 Å². The maximum Gasteiger partial charge on any atom is 0.152 e. The van der Waals surface area contributed by atoms with Gasteiger partial charge in [0.05, 0.1) is 11.0 Å². The predicted octanol–water partition coefficient (Wildman–Crippen LogP) is 3.09. The summed E-state index contributed by atoms with van der Waals surface area (Å²) in [7, 11) is -1.26. The number of sulfone groups is 1. The van der Waals surface area contributed by atoms with Crippen molar-refractivity contribution < 1.29 is 13.2 Å². The summed E-state index contributed by atoms with van der Waals surface area (Å²) < 4.78 is 30.3. The van der Waals surface area contributed by atoms with Gasteiger partial charge < -0.3 is 15.0 Å². The van der Waals surface area contributed by atoms with Crippen LogP contribution in [0.3, 0.4) is 0 Å². The number of rotatable bonds is 8. The Bertz CT molecular complexity index is 1060. The molecule has 0 spiro atoms. The number of aromatic nitrogens is 3. The molecule has 8 heteroatoms. The van der Waals surface area contributed by atoms with Gasteiger partial charge in [0.1, 0.15) is 27.3 Å². The van der Waals surface area contributed by atoms with Gasteiger partial charge >= 0.3 is 0 Å². The number of hydrogen-bond donors (Lipinski definition) is 1. The molecule has 0 amide bonds. The number of ether oxygens (including phenoxy) is 1. The number of nitrogens with two attached hydrogens (primary N) is 1. The molecule has 1 atom stereocenters. The standard InChI is InChI=1S/C19H26N4O3S/c1-13(26-2)19-22-16-17(14-9-5-6-10-15(14)21-18(16)20)23(19)11-7-4-8-12-27(3,24)25/h5-6,9-10,13H,4,7-8,11-12H2,1-3H3,(H2,20,21). The van der Waals surface area contributed by atoms with Gasteiger partial charge in [-0.3, -0.25) is 0 Å². The average molecular weight is 391 g/mol. The van der Waals surface area contributed by atoms with E-state index >= 15 is 0 Å². The van der Waals surface area contributed by atoms with Crippen molar-refractivity contribution in [2.45, 2.75) is 38.8 Å². The normalized spacial score (nSPS) is 13.4. The summed E-state index contributed by atoms with van der Waals surface area (Å²) in [6.07, 6.45) is 3.42. The number of methoxy groups -OCH3 is 1. The van der Waals surface area contributed by atoms with Gasteiger partial charge in [-0.25, -0.2) is 18.4 Å². The van der Waals surface area contributed by atoms with E-state index in [0.29, 0.717) is 17.8 Å². The van der Waals surface area contributed by atoms with Crippen molar-refractivity contribution in [3.05, 3.63) is 30.1 Å². The fraction of sp³-hybridized carbons (Fsp3) is 0.474. The van der Waals surface area contributed by atoms with E-state index in [1.54, 1.807) is 7.11 Å². The van der Waals surface area contributed by atoms with Crippen molar-refractivity contribution in [3.8, 4) is 0 Å². The van der Waals surface area contributed by atoms with Crippen LogP contribution in [-0.2, 0) is 21.1 Å². The Balaban J connectivity index is 2.00. The second-order valence-corrected chi connectivity index (χ2v) is 9.16. The zero-order valence-electron chi connectivity index (χ0n) is 16.0. The van der Waals surface area contributed by atoms with Gasteiger partial charge in [-0.2, -0.15) is 0 Å². The van der Waals surface area contributed by atoms with Crippen LogP contribution in [0.5, 0.6) is 0 Å². The van der Waals surface area contributed by atoms with Gasteiger partial charge in [-0.1, -0.05) is 24.6 Å². The second-order valence-electron chi connectivity index (χ2n) is 6.90. The van der Waals surface area contributed by atoms with E-state index in [0.717, 1.165) is 41.6 Å². The maximum atomic E-state index is 11.3. The molecule has 0 saturated heterocycles. The Morgan fingerprint density at radius 2 is 1.93 bits per heavy atom. The fourth-order valence-corrected chi connectivity index (χ4v) is 4.06. The van der Waals surface area contributed by atoms with Gasteiger partial charge in [0.15, 0.2) is 5.82 Å². The second kappa shape index (κ2) is 7.82. The van der Waals surface area contributed by atoms with Crippen LogP contribution in [-0.4, -0.2) is 42.1 Å². The van der Waals surface area contributed by atoms with Crippen LogP contribution < -0.4 is 5.73 Å². The molecule has 0 bridgehead atoms. The summed E-state index contributed by atoms with van der Waals surface area (Å²) in [4.78, 5) is 9.20. The highest BCUT2D eigenvalue weighted by atomic mass is 32.2. The molecule has 2 heterocycles. The van der Waals surface area contributed by atoms with Crippen LogP contribution in [0.4, 0.5) is 5.82 Å². The van der Waals surface area contributed by atoms with Crippen molar-refractivity contribution in [2.24, 2.45) is 0 Å². The number of aryl methyl sites for hydroxylation is 1. The first-order chi connectivity index (χ1) is 12.8. The van der Waals surface area contributed by atoms with E-state index in [1.165, 1.54) is 6.26 Å². The third-order valence-electron chi connectivity index (χ3n) is 4.75. The molecule has 2 N–H and O–H groups in total. The van der Waals surface area contributed by atoms with Crippen molar-refractivity contribution in [1.29, 1.82) is 0 Å². The Hall–Kier alpha value is -2.19. The number of hydrogen-bond acceptors (Lipinski definition) is 6. The summed E-state index contributed by atoms with van der Waals surface area (Å²) in [5.41, 5.74) is 8.65. The van der Waals surface area contributed by atoms with Gasteiger partial charge in [-0.15, -0.1) is 0 Å². The summed E-state index contributed by atoms with van der Waals surface area (Å²) >= 11 is 0. The minimum atomic E-state index is -2.92. The van der Waals surface area contributed by atoms with Gasteiger partial charge in [0.2, 0.25) is 0 Å². The molecule has 0 aliphatic carbocycles. The lowest BCUT2D eigenvalue weighted by atomic mass is 10.1. The molecule has 1 aromatic carbocycles. The molecule has 0 saturated carbocycles. The molecule has 0 radical (unpaired) electrons. The van der Waals surface area contributed by atoms with Crippen LogP contribution in [0.15, 0.2) is 24.3 Å². The van der Waals surface area contributed by atoms with Crippen LogP contribution in [0.1, 0.15) is 38.1 Å². The SMILES string of the molecule is COC(C)c1nc2c(N)nc3ccccc3c2n1CCCCCS(C)(=O)=O. The predicted molar refractivity (Wildman–Crippen MR) is 108 cm³/mol. The topological polar surface area (TPSA) is 100 Å². The Morgan fingerprint density at radius 1 is 1.19 bits per heavy atom. The summed E-state index contributed by atoms with van der Waals surface area (Å²) in [5, 5.41) is 1.000. The highest BCUT2D eigenvalue weighted by Gasteiger charge is 2.20. The molecule has 146 valence electrons. The number of fused-ring (bicyclic) bond motifs is 3. The molecule has 3 rings (SSSR count). The smallest absolute Gasteiger partial charge is 0.152 e. The Labute approximate surface area is 159 Å². The number of anilines is 1. The van der Waals surface area contributed by atoms with Crippen LogP contribution in [0, 0.1) is 0 Å². The van der Waals surface area contributed by atoms with Crippen molar-refractivity contribution in [3.63, 3.8) is 0 Å². The fourth-order valence-electron chi connectivity index (χ4n) is 3.33. The van der Waals surface area contributed by atoms with Crippen LogP contribution >= 0.6 is 0 Å². The number of unbranched alkanes of at least 4 members (excludes halogenated alkanes) is 2. The first-order valence-corrected chi connectivity index (χ1v) is 11.1. The summed E-state index contributed by atoms with van der Waals surface area (Å²) in [5.74, 6) is 1.43. The number of nitrogens with zero attached hydrogens (tertiary/aromatic N) is 3. The highest BCUT2D eigenvalue weighted by molar-refractivity contribution is 7.90. The number of benzene rings is 1. The number of pyridine rings is 1.